The molecular weight excluding hydrogens is 330 g/mol. The molecule has 1 aliphatic heterocycles. The van der Waals surface area contributed by atoms with E-state index in [-0.39, 0.29) is 30.2 Å². The van der Waals surface area contributed by atoms with Gasteiger partial charge in [-0.3, -0.25) is 24.1 Å². The van der Waals surface area contributed by atoms with Crippen molar-refractivity contribution in [1.29, 1.82) is 0 Å². The molecular formula is C16H13N3O4S. The summed E-state index contributed by atoms with van der Waals surface area (Å²) in [5.74, 6) is -1.53. The second-order valence-corrected chi connectivity index (χ2v) is 6.07. The van der Waals surface area contributed by atoms with Crippen molar-refractivity contribution in [3.05, 3.63) is 46.8 Å². The lowest BCUT2D eigenvalue weighted by Crippen LogP contribution is -2.28. The molecule has 0 bridgehead atoms. The number of imide groups is 1. The molecule has 0 radical (unpaired) electrons. The zero-order chi connectivity index (χ0) is 17.3. The monoisotopic (exact) mass is 343 g/mol. The normalized spacial score (nSPS) is 14.1. The lowest BCUT2D eigenvalue weighted by molar-refractivity contribution is -0.121. The van der Waals surface area contributed by atoms with Crippen LogP contribution in [0.15, 0.2) is 35.7 Å². The highest BCUT2D eigenvalue weighted by atomic mass is 32.1. The van der Waals surface area contributed by atoms with Gasteiger partial charge in [0.2, 0.25) is 11.8 Å². The number of anilines is 2. The minimum Gasteiger partial charge on any atom is -0.366 e. The Balaban J connectivity index is 1.77. The predicted octanol–water partition coefficient (Wildman–Crippen LogP) is 1.75. The number of primary amides is 1. The third-order valence-corrected chi connectivity index (χ3v) is 4.43. The maximum atomic E-state index is 12.2. The molecule has 3 rings (SSSR count). The van der Waals surface area contributed by atoms with Gasteiger partial charge in [-0.15, -0.1) is 11.3 Å². The Hall–Kier alpha value is -3.00. The lowest BCUT2D eigenvalue weighted by Gasteiger charge is -2.14. The summed E-state index contributed by atoms with van der Waals surface area (Å²) in [6.07, 6.45) is 0.407. The second-order valence-electron chi connectivity index (χ2n) is 5.15. The first-order valence-electron chi connectivity index (χ1n) is 7.12. The average molecular weight is 343 g/mol. The second kappa shape index (κ2) is 6.25. The molecule has 0 atom stereocenters. The molecule has 24 heavy (non-hydrogen) atoms. The summed E-state index contributed by atoms with van der Waals surface area (Å²) in [5.41, 5.74) is 6.26. The molecule has 4 amide bonds. The zero-order valence-electron chi connectivity index (χ0n) is 12.4. The molecule has 0 saturated carbocycles. The number of benzene rings is 1. The molecule has 1 aromatic heterocycles. The minimum absolute atomic E-state index is 0.204. The van der Waals surface area contributed by atoms with Crippen LogP contribution >= 0.6 is 11.3 Å². The van der Waals surface area contributed by atoms with Crippen LogP contribution in [-0.2, 0) is 9.59 Å². The van der Waals surface area contributed by atoms with Crippen LogP contribution in [0.5, 0.6) is 0 Å². The van der Waals surface area contributed by atoms with Gasteiger partial charge in [0, 0.05) is 18.4 Å². The molecule has 8 heteroatoms. The summed E-state index contributed by atoms with van der Waals surface area (Å²) in [6, 6.07) is 7.65. The number of rotatable bonds is 4. The Labute approximate surface area is 141 Å². The van der Waals surface area contributed by atoms with Crippen molar-refractivity contribution < 1.29 is 19.2 Å². The lowest BCUT2D eigenvalue weighted by atomic mass is 10.2. The molecule has 1 aromatic carbocycles. The summed E-state index contributed by atoms with van der Waals surface area (Å²) in [5, 5.41) is 4.66. The number of nitrogens with one attached hydrogen (secondary N) is 1. The maximum absolute atomic E-state index is 12.2. The molecule has 0 unspecified atom stereocenters. The van der Waals surface area contributed by atoms with Gasteiger partial charge in [0.15, 0.2) is 0 Å². The number of carbonyl (C=O) groups is 4. The van der Waals surface area contributed by atoms with Crippen molar-refractivity contribution in [2.45, 2.75) is 12.8 Å². The number of nitrogens with zero attached hydrogens (tertiary/aromatic N) is 1. The first-order chi connectivity index (χ1) is 11.5. The summed E-state index contributed by atoms with van der Waals surface area (Å²) >= 11 is 1.19. The number of hydrogen-bond acceptors (Lipinski definition) is 5. The molecule has 1 aliphatic rings. The summed E-state index contributed by atoms with van der Waals surface area (Å²) in [4.78, 5) is 48.0. The Morgan fingerprint density at radius 1 is 1.04 bits per heavy atom. The van der Waals surface area contributed by atoms with Crippen LogP contribution in [0.3, 0.4) is 0 Å². The van der Waals surface area contributed by atoms with Gasteiger partial charge in [-0.05, 0) is 35.7 Å². The van der Waals surface area contributed by atoms with Crippen molar-refractivity contribution >= 4 is 45.7 Å². The van der Waals surface area contributed by atoms with E-state index in [4.69, 9.17) is 5.73 Å². The van der Waals surface area contributed by atoms with Crippen LogP contribution in [0.1, 0.15) is 33.6 Å². The van der Waals surface area contributed by atoms with Crippen molar-refractivity contribution in [2.24, 2.45) is 5.73 Å². The quantitative estimate of drug-likeness (QED) is 0.824. The first kappa shape index (κ1) is 15.9. The van der Waals surface area contributed by atoms with Crippen LogP contribution < -0.4 is 16.0 Å². The van der Waals surface area contributed by atoms with E-state index in [9.17, 15) is 19.2 Å². The Morgan fingerprint density at radius 3 is 2.25 bits per heavy atom. The summed E-state index contributed by atoms with van der Waals surface area (Å²) in [6.45, 7) is 0. The van der Waals surface area contributed by atoms with Gasteiger partial charge in [0.1, 0.15) is 5.00 Å². The molecule has 2 heterocycles. The molecule has 0 spiro atoms. The van der Waals surface area contributed by atoms with Crippen molar-refractivity contribution in [3.63, 3.8) is 0 Å². The Morgan fingerprint density at radius 2 is 1.67 bits per heavy atom. The van der Waals surface area contributed by atoms with Crippen molar-refractivity contribution in [3.8, 4) is 0 Å². The molecule has 122 valence electrons. The van der Waals surface area contributed by atoms with Gasteiger partial charge in [0.25, 0.3) is 11.8 Å². The van der Waals surface area contributed by atoms with Gasteiger partial charge < -0.3 is 11.1 Å². The Kier molecular flexibility index (Phi) is 4.13. The largest absolute Gasteiger partial charge is 0.366 e. The molecule has 0 aliphatic carbocycles. The van der Waals surface area contributed by atoms with Gasteiger partial charge in [-0.25, -0.2) is 0 Å². The van der Waals surface area contributed by atoms with Crippen LogP contribution in [0.2, 0.25) is 0 Å². The molecule has 1 saturated heterocycles. The molecule has 2 aromatic rings. The third-order valence-electron chi connectivity index (χ3n) is 3.60. The highest BCUT2D eigenvalue weighted by molar-refractivity contribution is 7.14. The van der Waals surface area contributed by atoms with E-state index in [1.165, 1.54) is 29.5 Å². The van der Waals surface area contributed by atoms with E-state index in [1.54, 1.807) is 17.5 Å². The van der Waals surface area contributed by atoms with Gasteiger partial charge >= 0.3 is 0 Å². The minimum atomic E-state index is -0.618. The maximum Gasteiger partial charge on any atom is 0.256 e. The van der Waals surface area contributed by atoms with Crippen LogP contribution in [0.25, 0.3) is 0 Å². The van der Waals surface area contributed by atoms with Crippen LogP contribution in [0.4, 0.5) is 10.7 Å². The fraction of sp³-hybridized carbons (Fsp3) is 0.125. The van der Waals surface area contributed by atoms with E-state index in [0.717, 1.165) is 4.90 Å². The van der Waals surface area contributed by atoms with Gasteiger partial charge in [-0.2, -0.15) is 0 Å². The zero-order valence-corrected chi connectivity index (χ0v) is 13.3. The first-order valence-corrected chi connectivity index (χ1v) is 8.00. The number of carbonyl (C=O) groups excluding carboxylic acids is 4. The average Bonchev–Trinajstić information content (AvgIpc) is 3.14. The van der Waals surface area contributed by atoms with E-state index in [2.05, 4.69) is 5.32 Å². The topological polar surface area (TPSA) is 110 Å². The number of hydrogen-bond donors (Lipinski definition) is 2. The summed E-state index contributed by atoms with van der Waals surface area (Å²) in [7, 11) is 0. The van der Waals surface area contributed by atoms with E-state index < -0.39 is 11.8 Å². The standard InChI is InChI=1S/C16H13N3O4S/c17-14(22)11-7-8-24-16(11)18-15(23)9-1-3-10(4-2-9)19-12(20)5-6-13(19)21/h1-4,7-8H,5-6H2,(H2,17,22)(H,18,23). The number of amides is 4. The van der Waals surface area contributed by atoms with Crippen molar-refractivity contribution in [1.82, 2.24) is 0 Å². The molecule has 3 N–H and O–H groups in total. The van der Waals surface area contributed by atoms with E-state index in [1.807, 2.05) is 0 Å². The van der Waals surface area contributed by atoms with Crippen LogP contribution in [0, 0.1) is 0 Å². The summed E-state index contributed by atoms with van der Waals surface area (Å²) < 4.78 is 0. The predicted molar refractivity (Wildman–Crippen MR) is 89.0 cm³/mol. The number of nitrogens with two attached hydrogens (primary N) is 1. The highest BCUT2D eigenvalue weighted by Crippen LogP contribution is 2.25. The Bertz CT molecular complexity index is 825. The van der Waals surface area contributed by atoms with Crippen LogP contribution in [-0.4, -0.2) is 23.6 Å². The van der Waals surface area contributed by atoms with E-state index >= 15 is 0 Å². The fourth-order valence-electron chi connectivity index (χ4n) is 2.40. The van der Waals surface area contributed by atoms with E-state index in [0.29, 0.717) is 16.3 Å². The SMILES string of the molecule is NC(=O)c1ccsc1NC(=O)c1ccc(N2C(=O)CCC2=O)cc1. The number of thiophene rings is 1. The highest BCUT2D eigenvalue weighted by Gasteiger charge is 2.30. The van der Waals surface area contributed by atoms with Gasteiger partial charge in [-0.1, -0.05) is 0 Å². The fourth-order valence-corrected chi connectivity index (χ4v) is 3.19. The molecule has 1 fully saturated rings. The molecule has 7 nitrogen and oxygen atoms in total. The van der Waals surface area contributed by atoms with Gasteiger partial charge in [0.05, 0.1) is 11.3 Å². The third kappa shape index (κ3) is 2.91. The smallest absolute Gasteiger partial charge is 0.256 e. The van der Waals surface area contributed by atoms with Crippen molar-refractivity contribution in [2.75, 3.05) is 10.2 Å².